The molecule has 4 rings (SSSR count). The highest BCUT2D eigenvalue weighted by atomic mass is 32.1. The summed E-state index contributed by atoms with van der Waals surface area (Å²) in [6.07, 6.45) is 2.21. The average molecular weight is 408 g/mol. The van der Waals surface area contributed by atoms with Crippen molar-refractivity contribution < 1.29 is 14.0 Å². The summed E-state index contributed by atoms with van der Waals surface area (Å²) in [4.78, 5) is 23.3. The number of anilines is 1. The van der Waals surface area contributed by atoms with Gasteiger partial charge in [0, 0.05) is 35.7 Å². The normalized spacial score (nSPS) is 10.8. The van der Waals surface area contributed by atoms with Crippen LogP contribution in [0.25, 0.3) is 17.1 Å². The Morgan fingerprint density at radius 2 is 1.97 bits per heavy atom. The SMILES string of the molecule is NC(=O)c1ccn(-c2ccc(NC(=O)CCc3nnc(-c4ccsc4)o3)cc2)n1. The minimum absolute atomic E-state index is 0.164. The Morgan fingerprint density at radius 1 is 1.14 bits per heavy atom. The monoisotopic (exact) mass is 408 g/mol. The van der Waals surface area contributed by atoms with Crippen LogP contribution in [0.4, 0.5) is 5.69 Å². The second kappa shape index (κ2) is 8.07. The topological polar surface area (TPSA) is 129 Å². The Morgan fingerprint density at radius 3 is 2.66 bits per heavy atom. The van der Waals surface area contributed by atoms with Crippen LogP contribution in [-0.2, 0) is 11.2 Å². The fourth-order valence-electron chi connectivity index (χ4n) is 2.60. The molecule has 1 aromatic carbocycles. The van der Waals surface area contributed by atoms with Crippen LogP contribution < -0.4 is 11.1 Å². The summed E-state index contributed by atoms with van der Waals surface area (Å²) in [6, 6.07) is 10.5. The number of carbonyl (C=O) groups is 2. The molecule has 0 saturated carbocycles. The molecule has 4 aromatic rings. The zero-order valence-electron chi connectivity index (χ0n) is 15.1. The van der Waals surface area contributed by atoms with Gasteiger partial charge in [-0.2, -0.15) is 16.4 Å². The molecule has 9 nitrogen and oxygen atoms in total. The highest BCUT2D eigenvalue weighted by molar-refractivity contribution is 7.08. The number of benzene rings is 1. The van der Waals surface area contributed by atoms with Gasteiger partial charge in [0.25, 0.3) is 5.91 Å². The van der Waals surface area contributed by atoms with Gasteiger partial charge in [-0.1, -0.05) is 0 Å². The summed E-state index contributed by atoms with van der Waals surface area (Å²) in [5, 5.41) is 18.7. The predicted octanol–water partition coefficient (Wildman–Crippen LogP) is 2.65. The van der Waals surface area contributed by atoms with Gasteiger partial charge in [0.15, 0.2) is 0 Å². The van der Waals surface area contributed by atoms with Crippen molar-refractivity contribution in [2.45, 2.75) is 12.8 Å². The van der Waals surface area contributed by atoms with Crippen molar-refractivity contribution in [1.29, 1.82) is 0 Å². The van der Waals surface area contributed by atoms with Crippen molar-refractivity contribution >= 4 is 28.8 Å². The number of aromatic nitrogens is 4. The molecule has 2 amide bonds. The zero-order valence-corrected chi connectivity index (χ0v) is 15.9. The largest absolute Gasteiger partial charge is 0.421 e. The second-order valence-electron chi connectivity index (χ2n) is 6.12. The molecule has 0 fully saturated rings. The first-order chi connectivity index (χ1) is 14.1. The number of rotatable bonds is 7. The third-order valence-electron chi connectivity index (χ3n) is 4.06. The maximum Gasteiger partial charge on any atom is 0.269 e. The van der Waals surface area contributed by atoms with Crippen molar-refractivity contribution in [3.05, 3.63) is 64.9 Å². The number of thiophene rings is 1. The number of amides is 2. The Kier molecular flexibility index (Phi) is 5.16. The molecule has 0 spiro atoms. The number of nitrogens with one attached hydrogen (secondary N) is 1. The van der Waals surface area contributed by atoms with Gasteiger partial charge in [-0.15, -0.1) is 10.2 Å². The highest BCUT2D eigenvalue weighted by Gasteiger charge is 2.11. The molecule has 3 N–H and O–H groups in total. The van der Waals surface area contributed by atoms with Crippen molar-refractivity contribution in [1.82, 2.24) is 20.0 Å². The Bertz CT molecular complexity index is 1130. The molecule has 0 unspecified atom stereocenters. The van der Waals surface area contributed by atoms with E-state index in [0.29, 0.717) is 23.9 Å². The van der Waals surface area contributed by atoms with Crippen LogP contribution in [0.15, 0.2) is 57.8 Å². The summed E-state index contributed by atoms with van der Waals surface area (Å²) >= 11 is 1.55. The summed E-state index contributed by atoms with van der Waals surface area (Å²) in [5.74, 6) is 0.121. The summed E-state index contributed by atoms with van der Waals surface area (Å²) in [5.41, 5.74) is 7.65. The molecule has 10 heteroatoms. The maximum atomic E-state index is 12.2. The van der Waals surface area contributed by atoms with Crippen LogP contribution in [0.2, 0.25) is 0 Å². The van der Waals surface area contributed by atoms with Gasteiger partial charge >= 0.3 is 0 Å². The molecule has 0 radical (unpaired) electrons. The number of hydrogen-bond donors (Lipinski definition) is 2. The minimum atomic E-state index is -0.587. The number of nitrogens with zero attached hydrogens (tertiary/aromatic N) is 4. The van der Waals surface area contributed by atoms with Crippen LogP contribution in [0.3, 0.4) is 0 Å². The van der Waals surface area contributed by atoms with E-state index in [1.54, 1.807) is 47.9 Å². The molecule has 0 aliphatic rings. The molecule has 0 aliphatic carbocycles. The van der Waals surface area contributed by atoms with Crippen LogP contribution in [0, 0.1) is 0 Å². The van der Waals surface area contributed by atoms with E-state index in [0.717, 1.165) is 11.3 Å². The van der Waals surface area contributed by atoms with E-state index in [-0.39, 0.29) is 18.0 Å². The van der Waals surface area contributed by atoms with Gasteiger partial charge in [-0.25, -0.2) is 4.68 Å². The van der Waals surface area contributed by atoms with E-state index in [9.17, 15) is 9.59 Å². The van der Waals surface area contributed by atoms with E-state index in [1.165, 1.54) is 4.68 Å². The van der Waals surface area contributed by atoms with Crippen LogP contribution in [0.1, 0.15) is 22.8 Å². The smallest absolute Gasteiger partial charge is 0.269 e. The van der Waals surface area contributed by atoms with Crippen LogP contribution >= 0.6 is 11.3 Å². The first kappa shape index (κ1) is 18.6. The maximum absolute atomic E-state index is 12.2. The van der Waals surface area contributed by atoms with Gasteiger partial charge < -0.3 is 15.5 Å². The quantitative estimate of drug-likeness (QED) is 0.484. The fourth-order valence-corrected chi connectivity index (χ4v) is 3.23. The van der Waals surface area contributed by atoms with Crippen LogP contribution in [0.5, 0.6) is 0 Å². The molecule has 0 aliphatic heterocycles. The van der Waals surface area contributed by atoms with Crippen molar-refractivity contribution in [2.24, 2.45) is 5.73 Å². The van der Waals surface area contributed by atoms with Crippen LogP contribution in [-0.4, -0.2) is 31.8 Å². The average Bonchev–Trinajstić information content (AvgIpc) is 3.48. The van der Waals surface area contributed by atoms with Crippen molar-refractivity contribution in [3.8, 4) is 17.1 Å². The first-order valence-corrected chi connectivity index (χ1v) is 9.63. The van der Waals surface area contributed by atoms with E-state index in [2.05, 4.69) is 20.6 Å². The second-order valence-corrected chi connectivity index (χ2v) is 6.90. The van der Waals surface area contributed by atoms with Gasteiger partial charge in [0.05, 0.1) is 5.69 Å². The standard InChI is InChI=1S/C19H16N6O3S/c20-18(27)15-7-9-25(24-15)14-3-1-13(2-4-14)21-16(26)5-6-17-22-23-19(28-17)12-8-10-29-11-12/h1-4,7-11H,5-6H2,(H2,20,27)(H,21,26). The Labute approximate surface area is 169 Å². The molecular weight excluding hydrogens is 392 g/mol. The molecular formula is C19H16N6O3S. The molecule has 3 aromatic heterocycles. The Balaban J connectivity index is 1.32. The number of primary amides is 1. The lowest BCUT2D eigenvalue weighted by Crippen LogP contribution is -2.13. The first-order valence-electron chi connectivity index (χ1n) is 8.69. The molecule has 0 saturated heterocycles. The molecule has 146 valence electrons. The Hall–Kier alpha value is -3.79. The molecule has 0 atom stereocenters. The number of nitrogens with two attached hydrogens (primary N) is 1. The fraction of sp³-hybridized carbons (Fsp3) is 0.105. The highest BCUT2D eigenvalue weighted by Crippen LogP contribution is 2.21. The van der Waals surface area contributed by atoms with Gasteiger partial charge in [0.2, 0.25) is 17.7 Å². The zero-order chi connectivity index (χ0) is 20.2. The van der Waals surface area contributed by atoms with Gasteiger partial charge in [-0.05, 0) is 41.8 Å². The number of hydrogen-bond acceptors (Lipinski definition) is 7. The molecule has 0 bridgehead atoms. The van der Waals surface area contributed by atoms with Gasteiger partial charge in [0.1, 0.15) is 5.69 Å². The third-order valence-corrected chi connectivity index (χ3v) is 4.74. The van der Waals surface area contributed by atoms with E-state index >= 15 is 0 Å². The van der Waals surface area contributed by atoms with Crippen molar-refractivity contribution in [3.63, 3.8) is 0 Å². The predicted molar refractivity (Wildman–Crippen MR) is 107 cm³/mol. The third kappa shape index (κ3) is 4.38. The minimum Gasteiger partial charge on any atom is -0.421 e. The van der Waals surface area contributed by atoms with Crippen molar-refractivity contribution in [2.75, 3.05) is 5.32 Å². The summed E-state index contributed by atoms with van der Waals surface area (Å²) < 4.78 is 7.11. The van der Waals surface area contributed by atoms with E-state index in [4.69, 9.17) is 10.2 Å². The number of carbonyl (C=O) groups excluding carboxylic acids is 2. The lowest BCUT2D eigenvalue weighted by Gasteiger charge is -2.06. The summed E-state index contributed by atoms with van der Waals surface area (Å²) in [6.45, 7) is 0. The van der Waals surface area contributed by atoms with E-state index in [1.807, 2.05) is 16.8 Å². The lowest BCUT2D eigenvalue weighted by atomic mass is 10.2. The molecule has 3 heterocycles. The van der Waals surface area contributed by atoms with Gasteiger partial charge in [-0.3, -0.25) is 9.59 Å². The van der Waals surface area contributed by atoms with E-state index < -0.39 is 5.91 Å². The lowest BCUT2D eigenvalue weighted by molar-refractivity contribution is -0.116. The number of aryl methyl sites for hydroxylation is 1. The summed E-state index contributed by atoms with van der Waals surface area (Å²) in [7, 11) is 0. The molecule has 29 heavy (non-hydrogen) atoms.